The first kappa shape index (κ1) is 16.7. The van der Waals surface area contributed by atoms with Crippen molar-refractivity contribution in [2.24, 2.45) is 5.73 Å². The van der Waals surface area contributed by atoms with Gasteiger partial charge in [0.05, 0.1) is 16.7 Å². The van der Waals surface area contributed by atoms with Gasteiger partial charge < -0.3 is 5.73 Å². The Morgan fingerprint density at radius 2 is 1.52 bits per heavy atom. The molecule has 0 unspecified atom stereocenters. The molecule has 0 saturated carbocycles. The highest BCUT2D eigenvalue weighted by atomic mass is 19.4. The molecule has 3 amide bonds. The lowest BCUT2D eigenvalue weighted by Gasteiger charge is -2.24. The van der Waals surface area contributed by atoms with Crippen molar-refractivity contribution in [3.63, 3.8) is 0 Å². The fourth-order valence-electron chi connectivity index (χ4n) is 2.77. The summed E-state index contributed by atoms with van der Waals surface area (Å²) in [4.78, 5) is 37.5. The number of nitrogens with zero attached hydrogens (tertiary/aromatic N) is 1. The van der Waals surface area contributed by atoms with E-state index in [1.807, 2.05) is 0 Å². The molecule has 0 aromatic heterocycles. The molecule has 0 spiro atoms. The van der Waals surface area contributed by atoms with Gasteiger partial charge in [0, 0.05) is 0 Å². The van der Waals surface area contributed by atoms with Gasteiger partial charge in [-0.1, -0.05) is 24.3 Å². The van der Waals surface area contributed by atoms with Crippen LogP contribution in [0.25, 0.3) is 0 Å². The van der Waals surface area contributed by atoms with Crippen LogP contribution in [0.15, 0.2) is 48.5 Å². The fraction of sp³-hybridized carbons (Fsp3) is 0.118. The summed E-state index contributed by atoms with van der Waals surface area (Å²) in [6.07, 6.45) is -4.64. The van der Waals surface area contributed by atoms with E-state index in [0.717, 1.165) is 12.1 Å². The first-order valence-electron chi connectivity index (χ1n) is 7.15. The summed E-state index contributed by atoms with van der Waals surface area (Å²) in [5, 5.41) is 0. The maximum atomic E-state index is 12.9. The monoisotopic (exact) mass is 348 g/mol. The summed E-state index contributed by atoms with van der Waals surface area (Å²) in [6, 6.07) is 8.09. The third-order valence-electron chi connectivity index (χ3n) is 3.88. The Kier molecular flexibility index (Phi) is 3.82. The third-order valence-corrected chi connectivity index (χ3v) is 3.88. The van der Waals surface area contributed by atoms with Crippen LogP contribution >= 0.6 is 0 Å². The zero-order valence-corrected chi connectivity index (χ0v) is 12.6. The summed E-state index contributed by atoms with van der Waals surface area (Å²) in [6.45, 7) is 0. The number of primary amides is 1. The lowest BCUT2D eigenvalue weighted by atomic mass is 10.0. The van der Waals surface area contributed by atoms with E-state index in [9.17, 15) is 27.6 Å². The Hall–Kier alpha value is -3.16. The average molecular weight is 348 g/mol. The van der Waals surface area contributed by atoms with Gasteiger partial charge >= 0.3 is 6.18 Å². The maximum absolute atomic E-state index is 12.9. The van der Waals surface area contributed by atoms with Crippen molar-refractivity contribution in [1.29, 1.82) is 0 Å². The Balaban J connectivity index is 2.09. The molecule has 1 atom stereocenters. The molecular weight excluding hydrogens is 337 g/mol. The van der Waals surface area contributed by atoms with Crippen LogP contribution in [0.5, 0.6) is 0 Å². The van der Waals surface area contributed by atoms with Crippen molar-refractivity contribution in [1.82, 2.24) is 4.90 Å². The number of benzene rings is 2. The van der Waals surface area contributed by atoms with E-state index in [4.69, 9.17) is 5.73 Å². The van der Waals surface area contributed by atoms with E-state index < -0.39 is 35.5 Å². The van der Waals surface area contributed by atoms with Crippen LogP contribution in [0.2, 0.25) is 0 Å². The van der Waals surface area contributed by atoms with Crippen LogP contribution in [0.3, 0.4) is 0 Å². The summed E-state index contributed by atoms with van der Waals surface area (Å²) in [5.74, 6) is -2.66. The van der Waals surface area contributed by atoms with Crippen LogP contribution in [0, 0.1) is 0 Å². The zero-order chi connectivity index (χ0) is 18.4. The molecule has 0 bridgehead atoms. The molecule has 0 saturated heterocycles. The second-order valence-electron chi connectivity index (χ2n) is 5.45. The maximum Gasteiger partial charge on any atom is 0.416 e. The van der Waals surface area contributed by atoms with E-state index in [-0.39, 0.29) is 16.7 Å². The highest BCUT2D eigenvalue weighted by Gasteiger charge is 2.43. The van der Waals surface area contributed by atoms with Crippen molar-refractivity contribution >= 4 is 17.7 Å². The Labute approximate surface area is 139 Å². The summed E-state index contributed by atoms with van der Waals surface area (Å²) >= 11 is 0. The minimum atomic E-state index is -4.64. The van der Waals surface area contributed by atoms with Crippen molar-refractivity contribution in [2.75, 3.05) is 0 Å². The highest BCUT2D eigenvalue weighted by Crippen LogP contribution is 2.35. The molecule has 2 N–H and O–H groups in total. The topological polar surface area (TPSA) is 80.5 Å². The number of carbonyl (C=O) groups excluding carboxylic acids is 3. The zero-order valence-electron chi connectivity index (χ0n) is 12.6. The average Bonchev–Trinajstić information content (AvgIpc) is 2.80. The fourth-order valence-corrected chi connectivity index (χ4v) is 2.77. The number of nitrogens with two attached hydrogens (primary N) is 1. The minimum absolute atomic E-state index is 0.0747. The van der Waals surface area contributed by atoms with E-state index in [0.29, 0.717) is 11.0 Å². The molecular formula is C17H11F3N2O3. The number of amides is 3. The largest absolute Gasteiger partial charge is 0.416 e. The molecule has 8 heteroatoms. The SMILES string of the molecule is NC(=O)[C@H](c1cccc(C(F)(F)F)c1)N1C(=O)c2ccccc2C1=O. The van der Waals surface area contributed by atoms with Gasteiger partial charge in [-0.25, -0.2) is 0 Å². The number of hydrogen-bond donors (Lipinski definition) is 1. The Bertz CT molecular complexity index is 858. The van der Waals surface area contributed by atoms with Gasteiger partial charge in [0.1, 0.15) is 6.04 Å². The molecule has 0 fully saturated rings. The van der Waals surface area contributed by atoms with E-state index in [2.05, 4.69) is 0 Å². The van der Waals surface area contributed by atoms with Crippen molar-refractivity contribution in [3.05, 3.63) is 70.8 Å². The summed E-state index contributed by atoms with van der Waals surface area (Å²) in [5.41, 5.74) is 4.26. The molecule has 128 valence electrons. The van der Waals surface area contributed by atoms with Gasteiger partial charge in [-0.3, -0.25) is 19.3 Å². The van der Waals surface area contributed by atoms with Gasteiger partial charge in [-0.15, -0.1) is 0 Å². The van der Waals surface area contributed by atoms with Gasteiger partial charge in [-0.2, -0.15) is 13.2 Å². The smallest absolute Gasteiger partial charge is 0.368 e. The number of fused-ring (bicyclic) bond motifs is 1. The Morgan fingerprint density at radius 1 is 0.960 bits per heavy atom. The van der Waals surface area contributed by atoms with Crippen molar-refractivity contribution in [3.8, 4) is 0 Å². The molecule has 0 radical (unpaired) electrons. The van der Waals surface area contributed by atoms with Gasteiger partial charge in [-0.05, 0) is 29.8 Å². The van der Waals surface area contributed by atoms with Gasteiger partial charge in [0.15, 0.2) is 0 Å². The summed E-state index contributed by atoms with van der Waals surface area (Å²) in [7, 11) is 0. The standard InChI is InChI=1S/C17H11F3N2O3/c18-17(19,20)10-5-3-4-9(8-10)13(14(21)23)22-15(24)11-6-1-2-7-12(11)16(22)25/h1-8,13H,(H2,21,23)/t13-/m0/s1. The first-order chi connectivity index (χ1) is 11.7. The predicted octanol–water partition coefficient (Wildman–Crippen LogP) is 2.53. The number of rotatable bonds is 3. The number of imide groups is 1. The quantitative estimate of drug-likeness (QED) is 0.866. The van der Waals surface area contributed by atoms with Crippen molar-refractivity contribution < 1.29 is 27.6 Å². The molecule has 25 heavy (non-hydrogen) atoms. The minimum Gasteiger partial charge on any atom is -0.368 e. The van der Waals surface area contributed by atoms with Crippen LogP contribution in [-0.4, -0.2) is 22.6 Å². The summed E-state index contributed by atoms with van der Waals surface area (Å²) < 4.78 is 38.7. The van der Waals surface area contributed by atoms with E-state index in [1.54, 1.807) is 0 Å². The molecule has 1 heterocycles. The van der Waals surface area contributed by atoms with Gasteiger partial charge in [0.25, 0.3) is 11.8 Å². The normalized spacial score (nSPS) is 15.2. The lowest BCUT2D eigenvalue weighted by Crippen LogP contribution is -2.41. The number of alkyl halides is 3. The second kappa shape index (κ2) is 5.73. The lowest BCUT2D eigenvalue weighted by molar-refractivity contribution is -0.137. The molecule has 3 rings (SSSR count). The molecule has 5 nitrogen and oxygen atoms in total. The highest BCUT2D eigenvalue weighted by molar-refractivity contribution is 6.22. The number of carbonyl (C=O) groups is 3. The van der Waals surface area contributed by atoms with Crippen LogP contribution in [-0.2, 0) is 11.0 Å². The molecule has 1 aliphatic rings. The third kappa shape index (κ3) is 2.75. The number of hydrogen-bond acceptors (Lipinski definition) is 3. The molecule has 2 aromatic carbocycles. The van der Waals surface area contributed by atoms with E-state index in [1.165, 1.54) is 30.3 Å². The van der Waals surface area contributed by atoms with E-state index >= 15 is 0 Å². The van der Waals surface area contributed by atoms with Gasteiger partial charge in [0.2, 0.25) is 5.91 Å². The van der Waals surface area contributed by atoms with Crippen LogP contribution in [0.1, 0.15) is 37.9 Å². The molecule has 0 aliphatic carbocycles. The first-order valence-corrected chi connectivity index (χ1v) is 7.15. The predicted molar refractivity (Wildman–Crippen MR) is 80.3 cm³/mol. The Morgan fingerprint density at radius 3 is 2.00 bits per heavy atom. The van der Waals surface area contributed by atoms with Crippen LogP contribution in [0.4, 0.5) is 13.2 Å². The van der Waals surface area contributed by atoms with Crippen LogP contribution < -0.4 is 5.73 Å². The second-order valence-corrected chi connectivity index (χ2v) is 5.45. The molecule has 2 aromatic rings. The molecule has 1 aliphatic heterocycles. The van der Waals surface area contributed by atoms with Crippen molar-refractivity contribution in [2.45, 2.75) is 12.2 Å². The number of halogens is 3.